The number of nitrogens with one attached hydrogen (secondary N) is 1. The van der Waals surface area contributed by atoms with Crippen LogP contribution < -0.4 is 5.32 Å². The zero-order valence-electron chi connectivity index (χ0n) is 12.1. The van der Waals surface area contributed by atoms with E-state index in [0.717, 1.165) is 23.2 Å². The number of hydrogen-bond acceptors (Lipinski definition) is 5. The summed E-state index contributed by atoms with van der Waals surface area (Å²) < 4.78 is 0. The van der Waals surface area contributed by atoms with Crippen LogP contribution in [0.3, 0.4) is 0 Å². The van der Waals surface area contributed by atoms with Crippen molar-refractivity contribution in [1.29, 1.82) is 0 Å². The molecule has 5 nitrogen and oxygen atoms in total. The number of fused-ring (bicyclic) bond motifs is 1. The Morgan fingerprint density at radius 2 is 1.78 bits per heavy atom. The van der Waals surface area contributed by atoms with Gasteiger partial charge in [0.1, 0.15) is 0 Å². The molecule has 0 bridgehead atoms. The van der Waals surface area contributed by atoms with Crippen LogP contribution in [0.1, 0.15) is 22.7 Å². The minimum Gasteiger partial charge on any atom is -0.504 e. The van der Waals surface area contributed by atoms with Gasteiger partial charge in [0.2, 0.25) is 0 Å². The second-order valence-corrected chi connectivity index (χ2v) is 5.79. The van der Waals surface area contributed by atoms with Crippen LogP contribution in [0.15, 0.2) is 24.3 Å². The summed E-state index contributed by atoms with van der Waals surface area (Å²) in [5, 5.41) is 42.0. The van der Waals surface area contributed by atoms with E-state index in [1.54, 1.807) is 12.1 Å². The number of halogens is 2. The highest BCUT2D eigenvalue weighted by Crippen LogP contribution is 2.43. The van der Waals surface area contributed by atoms with Gasteiger partial charge in [-0.25, -0.2) is 0 Å². The number of hydrogen-bond donors (Lipinski definition) is 5. The summed E-state index contributed by atoms with van der Waals surface area (Å²) in [7, 11) is 0. The molecule has 2 aromatic carbocycles. The molecule has 7 heteroatoms. The predicted octanol–water partition coefficient (Wildman–Crippen LogP) is 3.17. The van der Waals surface area contributed by atoms with Gasteiger partial charge in [0.15, 0.2) is 23.0 Å². The SMILES string of the molecule is Br.Oc1ccc(CC2NCCc3cc(O)c(O)c(Cl)c32)cc1O. The van der Waals surface area contributed by atoms with E-state index in [2.05, 4.69) is 5.32 Å². The Hall–Kier alpha value is -1.63. The van der Waals surface area contributed by atoms with E-state index in [-0.39, 0.29) is 51.0 Å². The van der Waals surface area contributed by atoms with Crippen molar-refractivity contribution in [3.05, 3.63) is 46.0 Å². The Bertz CT molecular complexity index is 739. The maximum Gasteiger partial charge on any atom is 0.176 e. The summed E-state index contributed by atoms with van der Waals surface area (Å²) in [4.78, 5) is 0. The molecule has 0 saturated carbocycles. The molecule has 0 aliphatic carbocycles. The fourth-order valence-electron chi connectivity index (χ4n) is 2.86. The van der Waals surface area contributed by atoms with Crippen LogP contribution in [-0.2, 0) is 12.8 Å². The average Bonchev–Trinajstić information content (AvgIpc) is 2.49. The molecule has 0 aromatic heterocycles. The minimum atomic E-state index is -0.317. The molecule has 3 rings (SSSR count). The lowest BCUT2D eigenvalue weighted by Gasteiger charge is -2.28. The Morgan fingerprint density at radius 1 is 1.04 bits per heavy atom. The molecule has 0 radical (unpaired) electrons. The monoisotopic (exact) mass is 401 g/mol. The molecule has 0 fully saturated rings. The van der Waals surface area contributed by atoms with E-state index in [1.807, 2.05) is 0 Å². The Morgan fingerprint density at radius 3 is 2.48 bits per heavy atom. The molecule has 2 aromatic rings. The van der Waals surface area contributed by atoms with Gasteiger partial charge >= 0.3 is 0 Å². The molecule has 1 heterocycles. The molecule has 1 unspecified atom stereocenters. The van der Waals surface area contributed by atoms with Gasteiger partial charge in [-0.3, -0.25) is 0 Å². The summed E-state index contributed by atoms with van der Waals surface area (Å²) in [5.41, 5.74) is 2.48. The predicted molar refractivity (Wildman–Crippen MR) is 93.0 cm³/mol. The first kappa shape index (κ1) is 17.7. The van der Waals surface area contributed by atoms with Gasteiger partial charge in [0.25, 0.3) is 0 Å². The van der Waals surface area contributed by atoms with Gasteiger partial charge in [-0.2, -0.15) is 0 Å². The summed E-state index contributed by atoms with van der Waals surface area (Å²) in [6.07, 6.45) is 1.24. The molecule has 124 valence electrons. The minimum absolute atomic E-state index is 0. The first-order valence-corrected chi connectivity index (χ1v) is 7.32. The van der Waals surface area contributed by atoms with E-state index >= 15 is 0 Å². The van der Waals surface area contributed by atoms with Gasteiger partial charge in [0.05, 0.1) is 5.02 Å². The lowest BCUT2D eigenvalue weighted by atomic mass is 9.89. The zero-order valence-corrected chi connectivity index (χ0v) is 14.6. The van der Waals surface area contributed by atoms with E-state index in [4.69, 9.17) is 11.6 Å². The number of benzene rings is 2. The van der Waals surface area contributed by atoms with Crippen molar-refractivity contribution in [1.82, 2.24) is 5.32 Å². The summed E-state index contributed by atoms with van der Waals surface area (Å²) in [5.74, 6) is -0.871. The average molecular weight is 403 g/mol. The molecule has 0 amide bonds. The van der Waals surface area contributed by atoms with Crippen molar-refractivity contribution >= 4 is 28.6 Å². The van der Waals surface area contributed by atoms with Crippen molar-refractivity contribution in [2.45, 2.75) is 18.9 Å². The molecule has 5 N–H and O–H groups in total. The van der Waals surface area contributed by atoms with Gasteiger partial charge in [-0.05, 0) is 54.3 Å². The lowest BCUT2D eigenvalue weighted by molar-refractivity contribution is 0.398. The summed E-state index contributed by atoms with van der Waals surface area (Å²) in [6, 6.07) is 6.05. The molecule has 23 heavy (non-hydrogen) atoms. The van der Waals surface area contributed by atoms with Crippen LogP contribution >= 0.6 is 28.6 Å². The Balaban J connectivity index is 0.00000192. The maximum absolute atomic E-state index is 9.84. The zero-order chi connectivity index (χ0) is 15.9. The fourth-order valence-corrected chi connectivity index (χ4v) is 3.21. The number of rotatable bonds is 2. The van der Waals surface area contributed by atoms with E-state index in [9.17, 15) is 20.4 Å². The quantitative estimate of drug-likeness (QED) is 0.498. The normalized spacial score (nSPS) is 16.5. The molecule has 1 atom stereocenters. The Kier molecular flexibility index (Phi) is 5.29. The van der Waals surface area contributed by atoms with Crippen LogP contribution in [-0.4, -0.2) is 27.0 Å². The standard InChI is InChI=1S/C16H16ClNO4.BrH/c17-15-14-9(7-13(21)16(15)22)3-4-18-10(14)5-8-1-2-11(19)12(20)6-8;/h1-2,6-7,10,18-22H,3-5H2;1H. The van der Waals surface area contributed by atoms with Gasteiger partial charge in [-0.15, -0.1) is 17.0 Å². The van der Waals surface area contributed by atoms with Crippen LogP contribution in [0, 0.1) is 0 Å². The third kappa shape index (κ3) is 3.34. The van der Waals surface area contributed by atoms with Crippen LogP contribution in [0.25, 0.3) is 0 Å². The van der Waals surface area contributed by atoms with Crippen molar-refractivity contribution in [3.8, 4) is 23.0 Å². The van der Waals surface area contributed by atoms with Gasteiger partial charge in [-0.1, -0.05) is 17.7 Å². The summed E-state index contributed by atoms with van der Waals surface area (Å²) >= 11 is 6.19. The largest absolute Gasteiger partial charge is 0.504 e. The molecule has 1 aliphatic rings. The van der Waals surface area contributed by atoms with Gasteiger partial charge < -0.3 is 25.7 Å². The number of phenolic OH excluding ortho intramolecular Hbond substituents is 4. The first-order valence-electron chi connectivity index (χ1n) is 6.95. The van der Waals surface area contributed by atoms with Crippen molar-refractivity contribution in [2.24, 2.45) is 0 Å². The fraction of sp³-hybridized carbons (Fsp3) is 0.250. The molecule has 0 spiro atoms. The molecule has 1 aliphatic heterocycles. The van der Waals surface area contributed by atoms with Crippen molar-refractivity contribution in [3.63, 3.8) is 0 Å². The lowest BCUT2D eigenvalue weighted by Crippen LogP contribution is -2.31. The summed E-state index contributed by atoms with van der Waals surface area (Å²) in [6.45, 7) is 0.724. The van der Waals surface area contributed by atoms with Gasteiger partial charge in [0, 0.05) is 6.04 Å². The smallest absolute Gasteiger partial charge is 0.176 e. The first-order chi connectivity index (χ1) is 10.5. The number of phenols is 4. The molecular formula is C16H17BrClNO4. The van der Waals surface area contributed by atoms with E-state index < -0.39 is 0 Å². The molecule has 0 saturated heterocycles. The second kappa shape index (κ2) is 6.86. The second-order valence-electron chi connectivity index (χ2n) is 5.41. The maximum atomic E-state index is 9.84. The van der Waals surface area contributed by atoms with Crippen LogP contribution in [0.2, 0.25) is 5.02 Å². The third-order valence-corrected chi connectivity index (χ3v) is 4.34. The van der Waals surface area contributed by atoms with Crippen LogP contribution in [0.5, 0.6) is 23.0 Å². The third-order valence-electron chi connectivity index (χ3n) is 3.96. The van der Waals surface area contributed by atoms with E-state index in [1.165, 1.54) is 12.1 Å². The van der Waals surface area contributed by atoms with Crippen molar-refractivity contribution in [2.75, 3.05) is 6.54 Å². The van der Waals surface area contributed by atoms with E-state index in [0.29, 0.717) is 12.8 Å². The topological polar surface area (TPSA) is 93.0 Å². The number of aromatic hydroxyl groups is 4. The Labute approximate surface area is 148 Å². The highest BCUT2D eigenvalue weighted by molar-refractivity contribution is 8.93. The highest BCUT2D eigenvalue weighted by Gasteiger charge is 2.26. The van der Waals surface area contributed by atoms with Crippen LogP contribution in [0.4, 0.5) is 0 Å². The van der Waals surface area contributed by atoms with Crippen molar-refractivity contribution < 1.29 is 20.4 Å². The molecular weight excluding hydrogens is 386 g/mol. The highest BCUT2D eigenvalue weighted by atomic mass is 79.9.